The average Bonchev–Trinajstić information content (AvgIpc) is 2.28. The van der Waals surface area contributed by atoms with Gasteiger partial charge in [0.15, 0.2) is 0 Å². The monoisotopic (exact) mass is 267 g/mol. The van der Waals surface area contributed by atoms with Gasteiger partial charge in [0.05, 0.1) is 11.7 Å². The predicted molar refractivity (Wildman–Crippen MR) is 73.8 cm³/mol. The van der Waals surface area contributed by atoms with E-state index < -0.39 is 5.97 Å². The molecule has 1 rings (SSSR count). The number of carboxylic acid groups (broad SMARTS) is 1. The van der Waals surface area contributed by atoms with E-state index in [2.05, 4.69) is 5.32 Å². The van der Waals surface area contributed by atoms with Gasteiger partial charge in [-0.25, -0.2) is 0 Å². The van der Waals surface area contributed by atoms with Gasteiger partial charge in [-0.1, -0.05) is 25.1 Å². The van der Waals surface area contributed by atoms with Crippen LogP contribution in [-0.2, 0) is 9.59 Å². The zero-order chi connectivity index (χ0) is 13.5. The second kappa shape index (κ2) is 7.06. The maximum atomic E-state index is 11.9. The molecule has 2 atom stereocenters. The number of hydrogen-bond acceptors (Lipinski definition) is 3. The summed E-state index contributed by atoms with van der Waals surface area (Å²) < 4.78 is 0. The van der Waals surface area contributed by atoms with Gasteiger partial charge in [-0.15, -0.1) is 11.8 Å². The molecule has 0 aliphatic carbocycles. The maximum Gasteiger partial charge on any atom is 0.304 e. The van der Waals surface area contributed by atoms with Crippen LogP contribution in [0.15, 0.2) is 30.3 Å². The van der Waals surface area contributed by atoms with E-state index in [4.69, 9.17) is 5.11 Å². The molecule has 0 aliphatic heterocycles. The van der Waals surface area contributed by atoms with Crippen molar-refractivity contribution < 1.29 is 14.7 Å². The highest BCUT2D eigenvalue weighted by Gasteiger charge is 2.18. The van der Waals surface area contributed by atoms with E-state index >= 15 is 0 Å². The van der Waals surface area contributed by atoms with Gasteiger partial charge in [0.2, 0.25) is 5.91 Å². The summed E-state index contributed by atoms with van der Waals surface area (Å²) in [6.45, 7) is 3.59. The fraction of sp³-hybridized carbons (Fsp3) is 0.385. The minimum atomic E-state index is -0.842. The van der Waals surface area contributed by atoms with Gasteiger partial charge >= 0.3 is 5.97 Å². The smallest absolute Gasteiger partial charge is 0.304 e. The number of anilines is 1. The van der Waals surface area contributed by atoms with Crippen molar-refractivity contribution >= 4 is 29.3 Å². The van der Waals surface area contributed by atoms with E-state index in [1.807, 2.05) is 37.3 Å². The second-order valence-corrected chi connectivity index (χ2v) is 5.83. The van der Waals surface area contributed by atoms with Crippen LogP contribution in [-0.4, -0.2) is 27.5 Å². The molecule has 1 amide bonds. The third-order valence-electron chi connectivity index (χ3n) is 2.31. The molecule has 0 saturated carbocycles. The summed E-state index contributed by atoms with van der Waals surface area (Å²) in [5, 5.41) is 11.1. The van der Waals surface area contributed by atoms with Crippen LogP contribution in [0.1, 0.15) is 20.3 Å². The Bertz CT molecular complexity index is 408. The lowest BCUT2D eigenvalue weighted by Gasteiger charge is -2.15. The van der Waals surface area contributed by atoms with Crippen LogP contribution in [0.25, 0.3) is 0 Å². The lowest BCUT2D eigenvalue weighted by Crippen LogP contribution is -2.24. The third-order valence-corrected chi connectivity index (χ3v) is 3.56. The number of aliphatic carboxylic acids is 1. The molecule has 1 aromatic carbocycles. The molecule has 1 aromatic rings. The number of hydrogen-bond donors (Lipinski definition) is 2. The quantitative estimate of drug-likeness (QED) is 0.831. The molecule has 2 N–H and O–H groups in total. The van der Waals surface area contributed by atoms with Crippen molar-refractivity contribution in [3.8, 4) is 0 Å². The Balaban J connectivity index is 2.44. The molecule has 0 bridgehead atoms. The molecular weight excluding hydrogens is 250 g/mol. The van der Waals surface area contributed by atoms with E-state index in [0.29, 0.717) is 0 Å². The van der Waals surface area contributed by atoms with Crippen molar-refractivity contribution in [3.05, 3.63) is 30.3 Å². The predicted octanol–water partition coefficient (Wildman–Crippen LogP) is 2.61. The van der Waals surface area contributed by atoms with E-state index in [-0.39, 0.29) is 22.8 Å². The van der Waals surface area contributed by atoms with Gasteiger partial charge in [0.1, 0.15) is 0 Å². The molecule has 2 unspecified atom stereocenters. The number of carboxylic acids is 1. The van der Waals surface area contributed by atoms with Crippen LogP contribution >= 0.6 is 11.8 Å². The van der Waals surface area contributed by atoms with Crippen molar-refractivity contribution in [2.45, 2.75) is 30.8 Å². The zero-order valence-corrected chi connectivity index (χ0v) is 11.2. The van der Waals surface area contributed by atoms with Gasteiger partial charge in [-0.2, -0.15) is 0 Å². The van der Waals surface area contributed by atoms with Gasteiger partial charge in [0.25, 0.3) is 0 Å². The summed E-state index contributed by atoms with van der Waals surface area (Å²) in [5.41, 5.74) is 0.751. The first kappa shape index (κ1) is 14.6. The van der Waals surface area contributed by atoms with Crippen molar-refractivity contribution in [1.29, 1.82) is 0 Å². The molecule has 0 spiro atoms. The highest BCUT2D eigenvalue weighted by Crippen LogP contribution is 2.21. The molecular formula is C13H17NO3S. The molecule has 5 heteroatoms. The van der Waals surface area contributed by atoms with Crippen LogP contribution in [0, 0.1) is 0 Å². The SMILES string of the molecule is CC(CC(=O)O)SC(C)C(=O)Nc1ccccc1. The van der Waals surface area contributed by atoms with Crippen LogP contribution < -0.4 is 5.32 Å². The van der Waals surface area contributed by atoms with Crippen molar-refractivity contribution in [1.82, 2.24) is 0 Å². The molecule has 0 heterocycles. The number of para-hydroxylation sites is 1. The lowest BCUT2D eigenvalue weighted by molar-refractivity contribution is -0.136. The first-order valence-electron chi connectivity index (χ1n) is 5.72. The second-order valence-electron chi connectivity index (χ2n) is 4.04. The fourth-order valence-electron chi connectivity index (χ4n) is 1.47. The molecule has 0 fully saturated rings. The Morgan fingerprint density at radius 3 is 2.44 bits per heavy atom. The van der Waals surface area contributed by atoms with Gasteiger partial charge in [-0.05, 0) is 19.1 Å². The van der Waals surface area contributed by atoms with Crippen LogP contribution in [0.2, 0.25) is 0 Å². The molecule has 0 radical (unpaired) electrons. The summed E-state index contributed by atoms with van der Waals surface area (Å²) in [6, 6.07) is 9.20. The fourth-order valence-corrected chi connectivity index (χ4v) is 2.59. The number of amides is 1. The molecule has 0 aliphatic rings. The van der Waals surface area contributed by atoms with E-state index in [1.165, 1.54) is 11.8 Å². The minimum absolute atomic E-state index is 0.0631. The third kappa shape index (κ3) is 5.23. The number of carbonyl (C=O) groups is 2. The topological polar surface area (TPSA) is 66.4 Å². The molecule has 98 valence electrons. The summed E-state index contributed by atoms with van der Waals surface area (Å²) in [4.78, 5) is 22.4. The highest BCUT2D eigenvalue weighted by molar-refractivity contribution is 8.01. The number of rotatable bonds is 6. The first-order chi connectivity index (χ1) is 8.49. The number of thioether (sulfide) groups is 1. The Morgan fingerprint density at radius 1 is 1.28 bits per heavy atom. The van der Waals surface area contributed by atoms with Crippen molar-refractivity contribution in [3.63, 3.8) is 0 Å². The van der Waals surface area contributed by atoms with Gasteiger partial charge in [-0.3, -0.25) is 9.59 Å². The van der Waals surface area contributed by atoms with Gasteiger partial charge < -0.3 is 10.4 Å². The molecule has 0 aromatic heterocycles. The molecule has 18 heavy (non-hydrogen) atoms. The van der Waals surface area contributed by atoms with Crippen molar-refractivity contribution in [2.75, 3.05) is 5.32 Å². The summed E-state index contributed by atoms with van der Waals surface area (Å²) in [5.74, 6) is -0.950. The molecule has 4 nitrogen and oxygen atoms in total. The number of nitrogens with one attached hydrogen (secondary N) is 1. The van der Waals surface area contributed by atoms with Crippen LogP contribution in [0.3, 0.4) is 0 Å². The summed E-state index contributed by atoms with van der Waals surface area (Å²) in [6.07, 6.45) is 0.0631. The first-order valence-corrected chi connectivity index (χ1v) is 6.66. The van der Waals surface area contributed by atoms with E-state index in [0.717, 1.165) is 5.69 Å². The Labute approximate surface area is 111 Å². The molecule has 0 saturated heterocycles. The van der Waals surface area contributed by atoms with Crippen LogP contribution in [0.5, 0.6) is 0 Å². The van der Waals surface area contributed by atoms with E-state index in [1.54, 1.807) is 6.92 Å². The highest BCUT2D eigenvalue weighted by atomic mass is 32.2. The average molecular weight is 267 g/mol. The van der Waals surface area contributed by atoms with Crippen LogP contribution in [0.4, 0.5) is 5.69 Å². The lowest BCUT2D eigenvalue weighted by atomic mass is 10.3. The zero-order valence-electron chi connectivity index (χ0n) is 10.4. The Morgan fingerprint density at radius 2 is 1.89 bits per heavy atom. The summed E-state index contributed by atoms with van der Waals surface area (Å²) >= 11 is 1.36. The Kier molecular flexibility index (Phi) is 5.71. The van der Waals surface area contributed by atoms with Crippen molar-refractivity contribution in [2.24, 2.45) is 0 Å². The van der Waals surface area contributed by atoms with Gasteiger partial charge in [0, 0.05) is 10.9 Å². The largest absolute Gasteiger partial charge is 0.481 e. The number of carbonyl (C=O) groups excluding carboxylic acids is 1. The number of benzene rings is 1. The standard InChI is InChI=1S/C13H17NO3S/c1-9(8-12(15)16)18-10(2)13(17)14-11-6-4-3-5-7-11/h3-7,9-10H,8H2,1-2H3,(H,14,17)(H,15,16). The normalized spacial score (nSPS) is 13.7. The maximum absolute atomic E-state index is 11.9. The Hall–Kier alpha value is -1.49. The summed E-state index contributed by atoms with van der Waals surface area (Å²) in [7, 11) is 0. The minimum Gasteiger partial charge on any atom is -0.481 e. The van der Waals surface area contributed by atoms with E-state index in [9.17, 15) is 9.59 Å².